The molecule has 0 radical (unpaired) electrons. The highest BCUT2D eigenvalue weighted by Gasteiger charge is 2.15. The highest BCUT2D eigenvalue weighted by Crippen LogP contribution is 2.33. The number of benzene rings is 1. The molecule has 0 saturated carbocycles. The summed E-state index contributed by atoms with van der Waals surface area (Å²) >= 11 is 0. The highest BCUT2D eigenvalue weighted by atomic mass is 16.5. The van der Waals surface area contributed by atoms with E-state index in [1.54, 1.807) is 7.11 Å². The molecule has 4 heteroatoms. The fourth-order valence-electron chi connectivity index (χ4n) is 2.06. The van der Waals surface area contributed by atoms with Gasteiger partial charge in [0.05, 0.1) is 25.4 Å². The minimum atomic E-state index is -0.491. The minimum absolute atomic E-state index is 0.162. The molecule has 2 unspecified atom stereocenters. The summed E-state index contributed by atoms with van der Waals surface area (Å²) in [5.41, 5.74) is 0.868. The second-order valence-electron chi connectivity index (χ2n) is 4.90. The monoisotopic (exact) mass is 266 g/mol. The smallest absolute Gasteiger partial charge is 0.161 e. The van der Waals surface area contributed by atoms with Crippen molar-refractivity contribution in [3.8, 4) is 11.5 Å². The molecule has 0 spiro atoms. The highest BCUT2D eigenvalue weighted by molar-refractivity contribution is 5.44. The van der Waals surface area contributed by atoms with Gasteiger partial charge in [-0.05, 0) is 37.5 Å². The molecule has 0 bridgehead atoms. The first-order valence-electron chi connectivity index (χ1n) is 6.81. The molecule has 0 fully saturated rings. The van der Waals surface area contributed by atoms with E-state index in [0.29, 0.717) is 19.6 Å². The minimum Gasteiger partial charge on any atom is -0.490 e. The van der Waals surface area contributed by atoms with Gasteiger partial charge in [-0.25, -0.2) is 0 Å². The van der Waals surface area contributed by atoms with E-state index in [1.807, 2.05) is 25.1 Å². The molecule has 2 rings (SSSR count). The first-order valence-corrected chi connectivity index (χ1v) is 6.81. The maximum Gasteiger partial charge on any atom is 0.161 e. The standard InChI is InChI=1S/C15H22O4/c1-11(17-2)4-6-13(16)12-5-7-14-15(10-12)19-9-3-8-18-14/h5,7,10-11,13,16H,3-4,6,8-9H2,1-2H3. The van der Waals surface area contributed by atoms with Crippen LogP contribution in [0.15, 0.2) is 18.2 Å². The number of hydrogen-bond acceptors (Lipinski definition) is 4. The van der Waals surface area contributed by atoms with Gasteiger partial charge in [0.25, 0.3) is 0 Å². The lowest BCUT2D eigenvalue weighted by atomic mass is 10.0. The normalized spacial score (nSPS) is 17.6. The summed E-state index contributed by atoms with van der Waals surface area (Å²) in [5, 5.41) is 10.2. The average Bonchev–Trinajstić information content (AvgIpc) is 2.68. The molecule has 0 aliphatic carbocycles. The van der Waals surface area contributed by atoms with Crippen molar-refractivity contribution in [2.24, 2.45) is 0 Å². The fourth-order valence-corrected chi connectivity index (χ4v) is 2.06. The molecule has 0 amide bonds. The van der Waals surface area contributed by atoms with Gasteiger partial charge in [0.1, 0.15) is 0 Å². The Morgan fingerprint density at radius 1 is 1.21 bits per heavy atom. The van der Waals surface area contributed by atoms with Crippen LogP contribution in [0.5, 0.6) is 11.5 Å². The van der Waals surface area contributed by atoms with Gasteiger partial charge in [0.2, 0.25) is 0 Å². The van der Waals surface area contributed by atoms with E-state index in [4.69, 9.17) is 14.2 Å². The summed E-state index contributed by atoms with van der Waals surface area (Å²) in [7, 11) is 1.69. The van der Waals surface area contributed by atoms with Gasteiger partial charge in [0, 0.05) is 13.5 Å². The molecule has 1 aromatic rings. The van der Waals surface area contributed by atoms with Crippen LogP contribution in [-0.2, 0) is 4.74 Å². The number of ether oxygens (including phenoxy) is 3. The molecule has 1 aromatic carbocycles. The van der Waals surface area contributed by atoms with E-state index in [-0.39, 0.29) is 6.10 Å². The van der Waals surface area contributed by atoms with Gasteiger partial charge in [-0.15, -0.1) is 0 Å². The van der Waals surface area contributed by atoms with Crippen molar-refractivity contribution in [3.05, 3.63) is 23.8 Å². The molecule has 19 heavy (non-hydrogen) atoms. The van der Waals surface area contributed by atoms with Gasteiger partial charge in [-0.1, -0.05) is 6.07 Å². The summed E-state index contributed by atoms with van der Waals surface area (Å²) in [6.45, 7) is 3.34. The van der Waals surface area contributed by atoms with Crippen LogP contribution in [0.1, 0.15) is 37.9 Å². The van der Waals surface area contributed by atoms with Crippen LogP contribution in [0, 0.1) is 0 Å². The van der Waals surface area contributed by atoms with Crippen LogP contribution in [0.25, 0.3) is 0 Å². The van der Waals surface area contributed by atoms with Gasteiger partial charge >= 0.3 is 0 Å². The van der Waals surface area contributed by atoms with E-state index >= 15 is 0 Å². The topological polar surface area (TPSA) is 47.9 Å². The fraction of sp³-hybridized carbons (Fsp3) is 0.600. The largest absolute Gasteiger partial charge is 0.490 e. The van der Waals surface area contributed by atoms with Gasteiger partial charge in [-0.3, -0.25) is 0 Å². The zero-order chi connectivity index (χ0) is 13.7. The van der Waals surface area contributed by atoms with Crippen molar-refractivity contribution in [1.29, 1.82) is 0 Å². The molecular formula is C15H22O4. The van der Waals surface area contributed by atoms with Crippen molar-refractivity contribution in [2.45, 2.75) is 38.4 Å². The number of methoxy groups -OCH3 is 1. The summed E-state index contributed by atoms with van der Waals surface area (Å²) in [4.78, 5) is 0. The van der Waals surface area contributed by atoms with Gasteiger partial charge in [0.15, 0.2) is 11.5 Å². The Labute approximate surface area is 114 Å². The average molecular weight is 266 g/mol. The van der Waals surface area contributed by atoms with Crippen LogP contribution in [0.2, 0.25) is 0 Å². The molecule has 1 heterocycles. The van der Waals surface area contributed by atoms with Crippen molar-refractivity contribution in [2.75, 3.05) is 20.3 Å². The van der Waals surface area contributed by atoms with Crippen LogP contribution >= 0.6 is 0 Å². The molecular weight excluding hydrogens is 244 g/mol. The summed E-state index contributed by atoms with van der Waals surface area (Å²) in [5.74, 6) is 1.49. The van der Waals surface area contributed by atoms with Crippen LogP contribution in [-0.4, -0.2) is 31.5 Å². The lowest BCUT2D eigenvalue weighted by molar-refractivity contribution is 0.0850. The van der Waals surface area contributed by atoms with E-state index in [1.165, 1.54) is 0 Å². The zero-order valence-electron chi connectivity index (χ0n) is 11.6. The Morgan fingerprint density at radius 3 is 2.68 bits per heavy atom. The first kappa shape index (κ1) is 14.2. The summed E-state index contributed by atoms with van der Waals surface area (Å²) < 4.78 is 16.4. The Morgan fingerprint density at radius 2 is 1.95 bits per heavy atom. The Hall–Kier alpha value is -1.26. The number of rotatable bonds is 5. The van der Waals surface area contributed by atoms with Crippen LogP contribution in [0.4, 0.5) is 0 Å². The van der Waals surface area contributed by atoms with Crippen LogP contribution in [0.3, 0.4) is 0 Å². The summed E-state index contributed by atoms with van der Waals surface area (Å²) in [6, 6.07) is 5.65. The number of aliphatic hydroxyl groups excluding tert-OH is 1. The molecule has 1 aliphatic heterocycles. The van der Waals surface area contributed by atoms with E-state index in [2.05, 4.69) is 0 Å². The molecule has 2 atom stereocenters. The first-order chi connectivity index (χ1) is 9.20. The molecule has 0 saturated heterocycles. The lowest BCUT2D eigenvalue weighted by Crippen LogP contribution is -2.08. The molecule has 4 nitrogen and oxygen atoms in total. The van der Waals surface area contributed by atoms with Crippen LogP contribution < -0.4 is 9.47 Å². The number of fused-ring (bicyclic) bond motifs is 1. The maximum absolute atomic E-state index is 10.2. The lowest BCUT2D eigenvalue weighted by Gasteiger charge is -2.16. The van der Waals surface area contributed by atoms with Crippen molar-refractivity contribution in [1.82, 2.24) is 0 Å². The predicted molar refractivity (Wildman–Crippen MR) is 72.7 cm³/mol. The predicted octanol–water partition coefficient (Wildman–Crippen LogP) is 2.70. The third kappa shape index (κ3) is 3.85. The molecule has 0 aromatic heterocycles. The van der Waals surface area contributed by atoms with Crippen molar-refractivity contribution >= 4 is 0 Å². The Bertz CT molecular complexity index is 405. The van der Waals surface area contributed by atoms with Crippen molar-refractivity contribution in [3.63, 3.8) is 0 Å². The van der Waals surface area contributed by atoms with E-state index in [0.717, 1.165) is 29.9 Å². The molecule has 1 aliphatic rings. The van der Waals surface area contributed by atoms with E-state index < -0.39 is 6.10 Å². The summed E-state index contributed by atoms with van der Waals surface area (Å²) in [6.07, 6.45) is 2.06. The Balaban J connectivity index is 2.02. The van der Waals surface area contributed by atoms with E-state index in [9.17, 15) is 5.11 Å². The third-order valence-corrected chi connectivity index (χ3v) is 3.41. The number of hydrogen-bond donors (Lipinski definition) is 1. The second-order valence-corrected chi connectivity index (χ2v) is 4.90. The van der Waals surface area contributed by atoms with Gasteiger partial charge in [-0.2, -0.15) is 0 Å². The molecule has 106 valence electrons. The number of aliphatic hydroxyl groups is 1. The maximum atomic E-state index is 10.2. The van der Waals surface area contributed by atoms with Crippen molar-refractivity contribution < 1.29 is 19.3 Å². The molecule has 1 N–H and O–H groups in total. The third-order valence-electron chi connectivity index (χ3n) is 3.41. The quantitative estimate of drug-likeness (QED) is 0.890. The Kier molecular flexibility index (Phi) is 5.05. The van der Waals surface area contributed by atoms with Gasteiger partial charge < -0.3 is 19.3 Å². The zero-order valence-corrected chi connectivity index (χ0v) is 11.6. The second kappa shape index (κ2) is 6.78. The SMILES string of the molecule is COC(C)CCC(O)c1ccc2c(c1)OCCCO2.